The van der Waals surface area contributed by atoms with Crippen molar-refractivity contribution in [3.63, 3.8) is 0 Å². The summed E-state index contributed by atoms with van der Waals surface area (Å²) in [6.07, 6.45) is 1.75. The second-order valence-electron chi connectivity index (χ2n) is 4.93. The van der Waals surface area contributed by atoms with Gasteiger partial charge in [0.2, 0.25) is 0 Å². The predicted octanol–water partition coefficient (Wildman–Crippen LogP) is 4.59. The largest absolute Gasteiger partial charge is 0.397 e. The van der Waals surface area contributed by atoms with Crippen LogP contribution >= 0.6 is 11.8 Å². The van der Waals surface area contributed by atoms with Gasteiger partial charge in [-0.05, 0) is 37.1 Å². The van der Waals surface area contributed by atoms with Crippen LogP contribution in [0.1, 0.15) is 11.1 Å². The summed E-state index contributed by atoms with van der Waals surface area (Å²) in [4.78, 5) is 6.72. The van der Waals surface area contributed by atoms with Crippen molar-refractivity contribution in [2.45, 2.75) is 23.6 Å². The van der Waals surface area contributed by atoms with Gasteiger partial charge in [0.05, 0.1) is 17.4 Å². The summed E-state index contributed by atoms with van der Waals surface area (Å²) in [6.45, 7) is 4.23. The third kappa shape index (κ3) is 2.37. The molecule has 0 amide bonds. The lowest BCUT2D eigenvalue weighted by atomic mass is 10.2. The molecule has 2 aromatic carbocycles. The summed E-state index contributed by atoms with van der Waals surface area (Å²) in [7, 11) is 0. The average Bonchev–Trinajstić information content (AvgIpc) is 2.46. The van der Waals surface area contributed by atoms with Crippen LogP contribution in [0.5, 0.6) is 0 Å². The molecule has 0 radical (unpaired) electrons. The van der Waals surface area contributed by atoms with E-state index in [-0.39, 0.29) is 0 Å². The molecular formula is C17H16N2S. The molecule has 20 heavy (non-hydrogen) atoms. The molecule has 1 heterocycles. The summed E-state index contributed by atoms with van der Waals surface area (Å²) in [5.74, 6) is 0. The molecule has 3 aromatic rings. The first-order valence-electron chi connectivity index (χ1n) is 6.53. The molecule has 0 atom stereocenters. The first-order valence-corrected chi connectivity index (χ1v) is 7.35. The molecule has 2 N–H and O–H groups in total. The van der Waals surface area contributed by atoms with E-state index in [0.29, 0.717) is 0 Å². The maximum atomic E-state index is 6.14. The van der Waals surface area contributed by atoms with E-state index in [0.717, 1.165) is 21.5 Å². The lowest BCUT2D eigenvalue weighted by Gasteiger charge is -2.11. The maximum Gasteiger partial charge on any atom is 0.0715 e. The molecule has 0 saturated carbocycles. The zero-order chi connectivity index (χ0) is 14.1. The number of rotatable bonds is 2. The van der Waals surface area contributed by atoms with Crippen LogP contribution in [0.4, 0.5) is 5.69 Å². The van der Waals surface area contributed by atoms with E-state index in [4.69, 9.17) is 5.73 Å². The second-order valence-corrected chi connectivity index (χ2v) is 5.98. The number of nitrogens with zero attached hydrogens (tertiary/aromatic N) is 1. The Morgan fingerprint density at radius 1 is 1.05 bits per heavy atom. The normalized spacial score (nSPS) is 10.9. The molecule has 0 saturated heterocycles. The fourth-order valence-electron chi connectivity index (χ4n) is 2.17. The Morgan fingerprint density at radius 2 is 1.85 bits per heavy atom. The van der Waals surface area contributed by atoms with Crippen LogP contribution in [0, 0.1) is 13.8 Å². The van der Waals surface area contributed by atoms with Gasteiger partial charge in [-0.1, -0.05) is 42.1 Å². The highest BCUT2D eigenvalue weighted by Gasteiger charge is 2.09. The number of hydrogen-bond donors (Lipinski definition) is 1. The highest BCUT2D eigenvalue weighted by atomic mass is 32.2. The van der Waals surface area contributed by atoms with Crippen molar-refractivity contribution in [2.75, 3.05) is 5.73 Å². The SMILES string of the molecule is Cc1ccc(C)c(Sc2c(N)cnc3ccccc23)c1. The minimum atomic E-state index is 0.731. The molecule has 0 aliphatic heterocycles. The number of fused-ring (bicyclic) bond motifs is 1. The number of aromatic nitrogens is 1. The molecule has 0 aliphatic carbocycles. The van der Waals surface area contributed by atoms with E-state index < -0.39 is 0 Å². The first-order chi connectivity index (χ1) is 9.65. The Hall–Kier alpha value is -2.00. The fraction of sp³-hybridized carbons (Fsp3) is 0.118. The van der Waals surface area contributed by atoms with E-state index >= 15 is 0 Å². The smallest absolute Gasteiger partial charge is 0.0715 e. The Balaban J connectivity index is 2.15. The fourth-order valence-corrected chi connectivity index (χ4v) is 3.32. The van der Waals surface area contributed by atoms with E-state index in [1.807, 2.05) is 18.2 Å². The number of para-hydroxylation sites is 1. The van der Waals surface area contributed by atoms with Gasteiger partial charge in [-0.2, -0.15) is 0 Å². The van der Waals surface area contributed by atoms with Gasteiger partial charge in [-0.25, -0.2) is 0 Å². The second kappa shape index (κ2) is 5.17. The number of hydrogen-bond acceptors (Lipinski definition) is 3. The zero-order valence-electron chi connectivity index (χ0n) is 11.6. The lowest BCUT2D eigenvalue weighted by molar-refractivity contribution is 1.25. The molecule has 1 aromatic heterocycles. The van der Waals surface area contributed by atoms with Crippen molar-refractivity contribution in [3.8, 4) is 0 Å². The van der Waals surface area contributed by atoms with E-state index in [9.17, 15) is 0 Å². The number of anilines is 1. The molecule has 0 unspecified atom stereocenters. The van der Waals surface area contributed by atoms with E-state index in [1.165, 1.54) is 16.0 Å². The maximum absolute atomic E-state index is 6.14. The Morgan fingerprint density at radius 3 is 2.70 bits per heavy atom. The van der Waals surface area contributed by atoms with Gasteiger partial charge < -0.3 is 5.73 Å². The molecule has 0 bridgehead atoms. The third-order valence-electron chi connectivity index (χ3n) is 3.31. The van der Waals surface area contributed by atoms with Crippen LogP contribution in [0.15, 0.2) is 58.5 Å². The van der Waals surface area contributed by atoms with Gasteiger partial charge in [-0.3, -0.25) is 4.98 Å². The molecule has 3 heteroatoms. The van der Waals surface area contributed by atoms with Crippen LogP contribution in [-0.2, 0) is 0 Å². The number of aryl methyl sites for hydroxylation is 2. The Bertz CT molecular complexity index is 781. The van der Waals surface area contributed by atoms with Crippen molar-refractivity contribution in [2.24, 2.45) is 0 Å². The summed E-state index contributed by atoms with van der Waals surface area (Å²) in [5.41, 5.74) is 10.4. The van der Waals surface area contributed by atoms with Crippen molar-refractivity contribution in [1.82, 2.24) is 4.98 Å². The van der Waals surface area contributed by atoms with Crippen LogP contribution < -0.4 is 5.73 Å². The van der Waals surface area contributed by atoms with E-state index in [1.54, 1.807) is 18.0 Å². The molecule has 3 rings (SSSR count). The third-order valence-corrected chi connectivity index (χ3v) is 4.63. The van der Waals surface area contributed by atoms with Gasteiger partial charge in [0, 0.05) is 15.2 Å². The highest BCUT2D eigenvalue weighted by molar-refractivity contribution is 7.99. The molecule has 100 valence electrons. The van der Waals surface area contributed by atoms with Crippen molar-refractivity contribution in [1.29, 1.82) is 0 Å². The molecular weight excluding hydrogens is 264 g/mol. The number of benzene rings is 2. The molecule has 2 nitrogen and oxygen atoms in total. The summed E-state index contributed by atoms with van der Waals surface area (Å²) in [6, 6.07) is 14.6. The molecule has 0 fully saturated rings. The van der Waals surface area contributed by atoms with Crippen LogP contribution in [0.2, 0.25) is 0 Å². The van der Waals surface area contributed by atoms with Crippen molar-refractivity contribution in [3.05, 3.63) is 59.8 Å². The van der Waals surface area contributed by atoms with Gasteiger partial charge in [0.25, 0.3) is 0 Å². The minimum Gasteiger partial charge on any atom is -0.397 e. The van der Waals surface area contributed by atoms with Crippen molar-refractivity contribution >= 4 is 28.4 Å². The first kappa shape index (κ1) is 13.0. The Labute approximate surface area is 123 Å². The Kier molecular flexibility index (Phi) is 3.36. The predicted molar refractivity (Wildman–Crippen MR) is 86.2 cm³/mol. The molecule has 0 spiro atoms. The average molecular weight is 280 g/mol. The summed E-state index contributed by atoms with van der Waals surface area (Å²) < 4.78 is 0. The van der Waals surface area contributed by atoms with Gasteiger partial charge in [0.1, 0.15) is 0 Å². The zero-order valence-corrected chi connectivity index (χ0v) is 12.4. The quantitative estimate of drug-likeness (QED) is 0.746. The van der Waals surface area contributed by atoms with Crippen molar-refractivity contribution < 1.29 is 0 Å². The van der Waals surface area contributed by atoms with Crippen LogP contribution in [0.25, 0.3) is 10.9 Å². The summed E-state index contributed by atoms with van der Waals surface area (Å²) >= 11 is 1.72. The van der Waals surface area contributed by atoms with Gasteiger partial charge in [-0.15, -0.1) is 0 Å². The van der Waals surface area contributed by atoms with Gasteiger partial charge in [0.15, 0.2) is 0 Å². The number of nitrogen functional groups attached to an aromatic ring is 1. The highest BCUT2D eigenvalue weighted by Crippen LogP contribution is 2.38. The molecule has 0 aliphatic rings. The number of pyridine rings is 1. The topological polar surface area (TPSA) is 38.9 Å². The van der Waals surface area contributed by atoms with Crippen LogP contribution in [-0.4, -0.2) is 4.98 Å². The summed E-state index contributed by atoms with van der Waals surface area (Å²) in [5, 5.41) is 1.11. The number of nitrogens with two attached hydrogens (primary N) is 1. The van der Waals surface area contributed by atoms with E-state index in [2.05, 4.69) is 43.1 Å². The lowest BCUT2D eigenvalue weighted by Crippen LogP contribution is -1.93. The van der Waals surface area contributed by atoms with Gasteiger partial charge >= 0.3 is 0 Å². The monoisotopic (exact) mass is 280 g/mol. The standard InChI is InChI=1S/C17H16N2S/c1-11-7-8-12(2)16(9-11)20-17-13-5-3-4-6-15(13)19-10-14(17)18/h3-10H,18H2,1-2H3. The minimum absolute atomic E-state index is 0.731. The van der Waals surface area contributed by atoms with Crippen LogP contribution in [0.3, 0.4) is 0 Å².